The fourth-order valence-corrected chi connectivity index (χ4v) is 3.94. The van der Waals surface area contributed by atoms with E-state index < -0.39 is 0 Å². The molecule has 1 aliphatic rings. The van der Waals surface area contributed by atoms with Crippen LogP contribution in [0.15, 0.2) is 53.1 Å². The van der Waals surface area contributed by atoms with Gasteiger partial charge in [0.1, 0.15) is 5.69 Å². The van der Waals surface area contributed by atoms with Crippen LogP contribution in [0.1, 0.15) is 53.7 Å². The minimum Gasteiger partial charge on any atom is -0.348 e. The third-order valence-electron chi connectivity index (χ3n) is 5.06. The molecule has 3 aromatic rings. The van der Waals surface area contributed by atoms with Crippen molar-refractivity contribution in [3.8, 4) is 0 Å². The summed E-state index contributed by atoms with van der Waals surface area (Å²) in [4.78, 5) is 12.7. The van der Waals surface area contributed by atoms with E-state index in [2.05, 4.69) is 38.5 Å². The van der Waals surface area contributed by atoms with E-state index in [9.17, 15) is 4.79 Å². The van der Waals surface area contributed by atoms with Crippen molar-refractivity contribution >= 4 is 27.4 Å². The van der Waals surface area contributed by atoms with Crippen LogP contribution in [-0.4, -0.2) is 21.6 Å². The van der Waals surface area contributed by atoms with E-state index in [4.69, 9.17) is 0 Å². The Morgan fingerprint density at radius 3 is 2.69 bits per heavy atom. The Bertz CT molecular complexity index is 911. The van der Waals surface area contributed by atoms with E-state index in [0.717, 1.165) is 34.8 Å². The van der Waals surface area contributed by atoms with Gasteiger partial charge in [0.15, 0.2) is 0 Å². The minimum absolute atomic E-state index is 0.0652. The second-order valence-electron chi connectivity index (χ2n) is 7.00. The summed E-state index contributed by atoms with van der Waals surface area (Å²) >= 11 is 3.48. The molecule has 0 spiro atoms. The van der Waals surface area contributed by atoms with Gasteiger partial charge < -0.3 is 5.32 Å². The first kappa shape index (κ1) is 17.3. The summed E-state index contributed by atoms with van der Waals surface area (Å²) in [6.07, 6.45) is 8.49. The molecule has 1 N–H and O–H groups in total. The van der Waals surface area contributed by atoms with Gasteiger partial charge in [0, 0.05) is 16.7 Å². The van der Waals surface area contributed by atoms with E-state index >= 15 is 0 Å². The highest BCUT2D eigenvalue weighted by Crippen LogP contribution is 2.20. The predicted octanol–water partition coefficient (Wildman–Crippen LogP) is 4.75. The molecule has 5 heteroatoms. The molecule has 26 heavy (non-hydrogen) atoms. The predicted molar refractivity (Wildman–Crippen MR) is 106 cm³/mol. The second kappa shape index (κ2) is 7.62. The molecule has 2 aromatic heterocycles. The molecule has 2 heterocycles. The number of nitrogens with zero attached hydrogens (tertiary/aromatic N) is 2. The smallest absolute Gasteiger partial charge is 0.271 e. The maximum Gasteiger partial charge on any atom is 0.271 e. The van der Waals surface area contributed by atoms with Crippen LogP contribution in [0.4, 0.5) is 0 Å². The maximum absolute atomic E-state index is 12.7. The van der Waals surface area contributed by atoms with E-state index in [-0.39, 0.29) is 11.9 Å². The third-order valence-corrected chi connectivity index (χ3v) is 5.59. The molecule has 1 aromatic carbocycles. The molecule has 0 atom stereocenters. The number of carbonyl (C=O) groups excluding carboxylic acids is 1. The quantitative estimate of drug-likeness (QED) is 0.672. The van der Waals surface area contributed by atoms with Gasteiger partial charge in [0.05, 0.1) is 5.52 Å². The average molecular weight is 412 g/mol. The lowest BCUT2D eigenvalue weighted by atomic mass is 9.95. The fraction of sp³-hybridized carbons (Fsp3) is 0.333. The minimum atomic E-state index is -0.0652. The molecule has 0 unspecified atom stereocenters. The summed E-state index contributed by atoms with van der Waals surface area (Å²) in [5.74, 6) is -0.0652. The van der Waals surface area contributed by atoms with Crippen molar-refractivity contribution in [3.05, 3.63) is 70.0 Å². The van der Waals surface area contributed by atoms with Crippen molar-refractivity contribution in [3.63, 3.8) is 0 Å². The highest BCUT2D eigenvalue weighted by Gasteiger charge is 2.19. The number of halogens is 1. The zero-order chi connectivity index (χ0) is 17.9. The van der Waals surface area contributed by atoms with Gasteiger partial charge in [-0.2, -0.15) is 5.10 Å². The Labute approximate surface area is 161 Å². The summed E-state index contributed by atoms with van der Waals surface area (Å²) in [6, 6.07) is 14.5. The highest BCUT2D eigenvalue weighted by atomic mass is 79.9. The molecular weight excluding hydrogens is 390 g/mol. The Balaban J connectivity index is 1.61. The number of benzene rings is 1. The number of nitrogens with one attached hydrogen (secondary N) is 1. The summed E-state index contributed by atoms with van der Waals surface area (Å²) in [6.45, 7) is 0. The van der Waals surface area contributed by atoms with E-state index in [1.165, 1.54) is 24.8 Å². The van der Waals surface area contributed by atoms with Gasteiger partial charge in [0.2, 0.25) is 0 Å². The number of hydrogen-bond acceptors (Lipinski definition) is 2. The first-order valence-electron chi connectivity index (χ1n) is 9.21. The SMILES string of the molecule is O=C(NC1CCCCC1)c1cc(Cc2ccc(Br)cc2)c2cccn2n1. The maximum atomic E-state index is 12.7. The van der Waals surface area contributed by atoms with Crippen LogP contribution in [0.25, 0.3) is 5.52 Å². The van der Waals surface area contributed by atoms with Gasteiger partial charge in [0.25, 0.3) is 5.91 Å². The first-order valence-corrected chi connectivity index (χ1v) is 10.0. The van der Waals surface area contributed by atoms with Crippen LogP contribution in [-0.2, 0) is 6.42 Å². The Morgan fingerprint density at radius 2 is 1.92 bits per heavy atom. The number of carbonyl (C=O) groups is 1. The standard InChI is InChI=1S/C21H22BrN3O/c22-17-10-8-15(9-11-17)13-16-14-19(24-25-12-4-7-20(16)25)21(26)23-18-5-2-1-3-6-18/h4,7-12,14,18H,1-3,5-6,13H2,(H,23,26). The molecule has 134 valence electrons. The number of hydrogen-bond donors (Lipinski definition) is 1. The van der Waals surface area contributed by atoms with Crippen LogP contribution >= 0.6 is 15.9 Å². The van der Waals surface area contributed by atoms with E-state index in [1.54, 1.807) is 0 Å². The molecule has 0 radical (unpaired) electrons. The van der Waals surface area contributed by atoms with E-state index in [1.807, 2.05) is 41.0 Å². The molecule has 0 bridgehead atoms. The summed E-state index contributed by atoms with van der Waals surface area (Å²) in [5.41, 5.74) is 3.86. The van der Waals surface area contributed by atoms with Crippen molar-refractivity contribution < 1.29 is 4.79 Å². The summed E-state index contributed by atoms with van der Waals surface area (Å²) in [7, 11) is 0. The van der Waals surface area contributed by atoms with Crippen LogP contribution in [0.2, 0.25) is 0 Å². The molecule has 4 rings (SSSR count). The molecule has 0 aliphatic heterocycles. The largest absolute Gasteiger partial charge is 0.348 e. The number of rotatable bonds is 4. The molecular formula is C21H22BrN3O. The monoisotopic (exact) mass is 411 g/mol. The summed E-state index contributed by atoms with van der Waals surface area (Å²) < 4.78 is 2.88. The zero-order valence-electron chi connectivity index (χ0n) is 14.6. The van der Waals surface area contributed by atoms with E-state index in [0.29, 0.717) is 5.69 Å². The van der Waals surface area contributed by atoms with Crippen LogP contribution in [0, 0.1) is 0 Å². The van der Waals surface area contributed by atoms with Gasteiger partial charge in [-0.15, -0.1) is 0 Å². The van der Waals surface area contributed by atoms with Crippen molar-refractivity contribution in [2.75, 3.05) is 0 Å². The average Bonchev–Trinajstić information content (AvgIpc) is 3.13. The van der Waals surface area contributed by atoms with Gasteiger partial charge in [-0.25, -0.2) is 4.52 Å². The second-order valence-corrected chi connectivity index (χ2v) is 7.92. The van der Waals surface area contributed by atoms with Crippen LogP contribution < -0.4 is 5.32 Å². The van der Waals surface area contributed by atoms with Crippen LogP contribution in [0.5, 0.6) is 0 Å². The molecule has 0 saturated heterocycles. The number of amides is 1. The lowest BCUT2D eigenvalue weighted by molar-refractivity contribution is 0.0921. The Kier molecular flexibility index (Phi) is 5.07. The Morgan fingerprint density at radius 1 is 1.15 bits per heavy atom. The topological polar surface area (TPSA) is 46.4 Å². The third kappa shape index (κ3) is 3.83. The van der Waals surface area contributed by atoms with Gasteiger partial charge >= 0.3 is 0 Å². The molecule has 1 saturated carbocycles. The van der Waals surface area contributed by atoms with Crippen molar-refractivity contribution in [2.45, 2.75) is 44.6 Å². The van der Waals surface area contributed by atoms with Gasteiger partial charge in [-0.05, 0) is 60.7 Å². The normalized spacial score (nSPS) is 15.3. The summed E-state index contributed by atoms with van der Waals surface area (Å²) in [5, 5.41) is 7.68. The molecule has 4 nitrogen and oxygen atoms in total. The molecule has 1 fully saturated rings. The Hall–Kier alpha value is -2.14. The van der Waals surface area contributed by atoms with Crippen molar-refractivity contribution in [1.29, 1.82) is 0 Å². The van der Waals surface area contributed by atoms with Gasteiger partial charge in [-0.3, -0.25) is 4.79 Å². The van der Waals surface area contributed by atoms with Crippen molar-refractivity contribution in [2.24, 2.45) is 0 Å². The lowest BCUT2D eigenvalue weighted by Gasteiger charge is -2.22. The first-order chi connectivity index (χ1) is 12.7. The number of fused-ring (bicyclic) bond motifs is 1. The number of aromatic nitrogens is 2. The highest BCUT2D eigenvalue weighted by molar-refractivity contribution is 9.10. The molecule has 1 aliphatic carbocycles. The van der Waals surface area contributed by atoms with Crippen molar-refractivity contribution in [1.82, 2.24) is 14.9 Å². The molecule has 1 amide bonds. The van der Waals surface area contributed by atoms with Crippen LogP contribution in [0.3, 0.4) is 0 Å². The van der Waals surface area contributed by atoms with Gasteiger partial charge in [-0.1, -0.05) is 47.3 Å². The fourth-order valence-electron chi connectivity index (χ4n) is 3.68. The lowest BCUT2D eigenvalue weighted by Crippen LogP contribution is -2.36. The zero-order valence-corrected chi connectivity index (χ0v) is 16.2.